The van der Waals surface area contributed by atoms with Gasteiger partial charge in [0.15, 0.2) is 0 Å². The van der Waals surface area contributed by atoms with Crippen molar-refractivity contribution in [2.45, 2.75) is 13.5 Å². The van der Waals surface area contributed by atoms with Gasteiger partial charge in [-0.05, 0) is 30.0 Å². The average molecular weight is 215 g/mol. The summed E-state index contributed by atoms with van der Waals surface area (Å²) in [7, 11) is 0. The maximum Gasteiger partial charge on any atom is 0.332 e. The first kappa shape index (κ1) is 10.5. The largest absolute Gasteiger partial charge is 0.478 e. The van der Waals surface area contributed by atoms with E-state index < -0.39 is 5.97 Å². The van der Waals surface area contributed by atoms with Crippen LogP contribution in [0.5, 0.6) is 0 Å². The molecule has 0 aliphatic rings. The smallest absolute Gasteiger partial charge is 0.332 e. The SMILES string of the molecule is C=C(Cn1ccc2ccc(C)cc21)C(=O)O. The molecular formula is C13H13NO2. The molecule has 0 spiro atoms. The van der Waals surface area contributed by atoms with E-state index in [1.165, 1.54) is 0 Å². The minimum Gasteiger partial charge on any atom is -0.478 e. The van der Waals surface area contributed by atoms with Crippen molar-refractivity contribution in [2.75, 3.05) is 0 Å². The Kier molecular flexibility index (Phi) is 2.52. The summed E-state index contributed by atoms with van der Waals surface area (Å²) >= 11 is 0. The Bertz CT molecular complexity index is 566. The lowest BCUT2D eigenvalue weighted by Gasteiger charge is -2.05. The molecule has 0 atom stereocenters. The first-order valence-corrected chi connectivity index (χ1v) is 5.04. The summed E-state index contributed by atoms with van der Waals surface area (Å²) in [5, 5.41) is 9.91. The fraction of sp³-hybridized carbons (Fsp3) is 0.154. The average Bonchev–Trinajstić information content (AvgIpc) is 2.61. The van der Waals surface area contributed by atoms with Crippen LogP contribution < -0.4 is 0 Å². The van der Waals surface area contributed by atoms with Crippen LogP contribution in [0.2, 0.25) is 0 Å². The molecule has 3 heteroatoms. The predicted molar refractivity (Wildman–Crippen MR) is 63.5 cm³/mol. The van der Waals surface area contributed by atoms with Crippen molar-refractivity contribution in [1.29, 1.82) is 0 Å². The van der Waals surface area contributed by atoms with Crippen molar-refractivity contribution in [1.82, 2.24) is 4.57 Å². The van der Waals surface area contributed by atoms with Crippen LogP contribution in [-0.4, -0.2) is 15.6 Å². The fourth-order valence-electron chi connectivity index (χ4n) is 1.71. The molecule has 0 amide bonds. The molecule has 1 aromatic carbocycles. The Morgan fingerprint density at radius 1 is 1.44 bits per heavy atom. The Morgan fingerprint density at radius 3 is 2.88 bits per heavy atom. The summed E-state index contributed by atoms with van der Waals surface area (Å²) in [5.74, 6) is -0.950. The van der Waals surface area contributed by atoms with E-state index in [0.29, 0.717) is 6.54 Å². The Balaban J connectivity index is 2.41. The maximum absolute atomic E-state index is 10.7. The minimum atomic E-state index is -0.950. The minimum absolute atomic E-state index is 0.194. The van der Waals surface area contributed by atoms with Crippen molar-refractivity contribution in [3.63, 3.8) is 0 Å². The molecule has 0 radical (unpaired) electrons. The topological polar surface area (TPSA) is 42.2 Å². The van der Waals surface area contributed by atoms with Gasteiger partial charge in [0.25, 0.3) is 0 Å². The van der Waals surface area contributed by atoms with Crippen molar-refractivity contribution in [2.24, 2.45) is 0 Å². The first-order chi connectivity index (χ1) is 7.58. The molecule has 0 aliphatic carbocycles. The van der Waals surface area contributed by atoms with Gasteiger partial charge in [0.1, 0.15) is 0 Å². The second-order valence-corrected chi connectivity index (χ2v) is 3.91. The number of rotatable bonds is 3. The van der Waals surface area contributed by atoms with Crippen LogP contribution in [0.1, 0.15) is 5.56 Å². The summed E-state index contributed by atoms with van der Waals surface area (Å²) in [6, 6.07) is 8.09. The van der Waals surface area contributed by atoms with Gasteiger partial charge in [0, 0.05) is 17.3 Å². The molecule has 0 fully saturated rings. The highest BCUT2D eigenvalue weighted by atomic mass is 16.4. The highest BCUT2D eigenvalue weighted by Crippen LogP contribution is 2.18. The van der Waals surface area contributed by atoms with Gasteiger partial charge in [-0.2, -0.15) is 0 Å². The molecule has 1 heterocycles. The maximum atomic E-state index is 10.7. The standard InChI is InChI=1S/C13H13NO2/c1-9-3-4-11-5-6-14(12(11)7-9)8-10(2)13(15)16/h3-7H,2,8H2,1H3,(H,15,16). The zero-order valence-electron chi connectivity index (χ0n) is 9.10. The number of carboxylic acids is 1. The number of hydrogen-bond donors (Lipinski definition) is 1. The van der Waals surface area contributed by atoms with Crippen LogP contribution in [0.25, 0.3) is 10.9 Å². The van der Waals surface area contributed by atoms with Gasteiger partial charge in [0.05, 0.1) is 6.54 Å². The molecule has 2 aromatic rings. The van der Waals surface area contributed by atoms with E-state index in [0.717, 1.165) is 16.5 Å². The molecule has 0 saturated carbocycles. The molecule has 0 aliphatic heterocycles. The third kappa shape index (κ3) is 1.84. The second-order valence-electron chi connectivity index (χ2n) is 3.91. The highest BCUT2D eigenvalue weighted by Gasteiger charge is 2.07. The number of nitrogens with zero attached hydrogens (tertiary/aromatic N) is 1. The van der Waals surface area contributed by atoms with Crippen molar-refractivity contribution < 1.29 is 9.90 Å². The van der Waals surface area contributed by atoms with Crippen molar-refractivity contribution in [3.8, 4) is 0 Å². The number of fused-ring (bicyclic) bond motifs is 1. The summed E-state index contributed by atoms with van der Waals surface area (Å²) < 4.78 is 1.90. The highest BCUT2D eigenvalue weighted by molar-refractivity contribution is 5.86. The normalized spacial score (nSPS) is 10.6. The van der Waals surface area contributed by atoms with Gasteiger partial charge in [-0.3, -0.25) is 0 Å². The second kappa shape index (κ2) is 3.85. The number of carbonyl (C=O) groups is 1. The van der Waals surface area contributed by atoms with E-state index in [1.54, 1.807) is 0 Å². The predicted octanol–water partition coefficient (Wildman–Crippen LogP) is 2.59. The lowest BCUT2D eigenvalue weighted by Crippen LogP contribution is -2.07. The molecular weight excluding hydrogens is 202 g/mol. The Labute approximate surface area is 93.6 Å². The van der Waals surface area contributed by atoms with Crippen LogP contribution in [0.3, 0.4) is 0 Å². The number of aromatic nitrogens is 1. The lowest BCUT2D eigenvalue weighted by atomic mass is 10.2. The number of aryl methyl sites for hydroxylation is 1. The van der Waals surface area contributed by atoms with E-state index in [1.807, 2.05) is 42.0 Å². The first-order valence-electron chi connectivity index (χ1n) is 5.04. The van der Waals surface area contributed by atoms with Gasteiger partial charge in [-0.1, -0.05) is 18.7 Å². The van der Waals surface area contributed by atoms with Crippen LogP contribution >= 0.6 is 0 Å². The van der Waals surface area contributed by atoms with Gasteiger partial charge < -0.3 is 9.67 Å². The Hall–Kier alpha value is -2.03. The van der Waals surface area contributed by atoms with E-state index >= 15 is 0 Å². The lowest BCUT2D eigenvalue weighted by molar-refractivity contribution is -0.132. The van der Waals surface area contributed by atoms with Crippen LogP contribution in [0.4, 0.5) is 0 Å². The molecule has 0 bridgehead atoms. The zero-order chi connectivity index (χ0) is 11.7. The van der Waals surface area contributed by atoms with Gasteiger partial charge in [0.2, 0.25) is 0 Å². The van der Waals surface area contributed by atoms with Gasteiger partial charge >= 0.3 is 5.97 Å². The quantitative estimate of drug-likeness (QED) is 0.799. The zero-order valence-corrected chi connectivity index (χ0v) is 9.10. The molecule has 16 heavy (non-hydrogen) atoms. The fourth-order valence-corrected chi connectivity index (χ4v) is 1.71. The van der Waals surface area contributed by atoms with Crippen molar-refractivity contribution in [3.05, 3.63) is 48.2 Å². The van der Waals surface area contributed by atoms with E-state index in [2.05, 4.69) is 6.58 Å². The van der Waals surface area contributed by atoms with Crippen LogP contribution in [0.15, 0.2) is 42.6 Å². The van der Waals surface area contributed by atoms with Crippen molar-refractivity contribution >= 4 is 16.9 Å². The van der Waals surface area contributed by atoms with Crippen LogP contribution in [0, 0.1) is 6.92 Å². The number of aliphatic carboxylic acids is 1. The molecule has 82 valence electrons. The molecule has 0 unspecified atom stereocenters. The van der Waals surface area contributed by atoms with Crippen LogP contribution in [-0.2, 0) is 11.3 Å². The summed E-state index contributed by atoms with van der Waals surface area (Å²) in [5.41, 5.74) is 2.40. The third-order valence-electron chi connectivity index (χ3n) is 2.59. The molecule has 1 aromatic heterocycles. The molecule has 1 N–H and O–H groups in total. The van der Waals surface area contributed by atoms with E-state index in [9.17, 15) is 4.79 Å². The van der Waals surface area contributed by atoms with E-state index in [-0.39, 0.29) is 5.57 Å². The Morgan fingerprint density at radius 2 is 2.19 bits per heavy atom. The van der Waals surface area contributed by atoms with E-state index in [4.69, 9.17) is 5.11 Å². The summed E-state index contributed by atoms with van der Waals surface area (Å²) in [6.45, 7) is 5.88. The summed E-state index contributed by atoms with van der Waals surface area (Å²) in [4.78, 5) is 10.7. The van der Waals surface area contributed by atoms with Gasteiger partial charge in [-0.25, -0.2) is 4.79 Å². The molecule has 2 rings (SSSR count). The molecule has 0 saturated heterocycles. The number of carboxylic acid groups (broad SMARTS) is 1. The number of hydrogen-bond acceptors (Lipinski definition) is 1. The summed E-state index contributed by atoms with van der Waals surface area (Å²) in [6.07, 6.45) is 1.89. The molecule has 3 nitrogen and oxygen atoms in total. The van der Waals surface area contributed by atoms with Gasteiger partial charge in [-0.15, -0.1) is 0 Å². The third-order valence-corrected chi connectivity index (χ3v) is 2.59. The number of benzene rings is 1. The monoisotopic (exact) mass is 215 g/mol.